The van der Waals surface area contributed by atoms with Crippen molar-refractivity contribution in [3.05, 3.63) is 77.1 Å². The van der Waals surface area contributed by atoms with E-state index in [4.69, 9.17) is 4.74 Å². The monoisotopic (exact) mass is 467 g/mol. The lowest BCUT2D eigenvalue weighted by molar-refractivity contribution is -0.137. The Morgan fingerprint density at radius 3 is 2.12 bits per heavy atom. The topological polar surface area (TPSA) is 46.6 Å². The van der Waals surface area contributed by atoms with E-state index in [1.54, 1.807) is 18.4 Å². The fraction of sp³-hybridized carbons (Fsp3) is 0.417. The van der Waals surface area contributed by atoms with E-state index in [0.29, 0.717) is 36.4 Å². The first kappa shape index (κ1) is 24.3. The summed E-state index contributed by atoms with van der Waals surface area (Å²) in [5.41, 5.74) is 2.07. The van der Waals surface area contributed by atoms with E-state index in [0.717, 1.165) is 42.5 Å². The number of halogens is 3. The van der Waals surface area contributed by atoms with Gasteiger partial charge in [0.2, 0.25) is 10.0 Å². The molecule has 1 fully saturated rings. The molecule has 0 saturated carbocycles. The number of unbranched alkanes of at least 4 members (excludes halogenated alkanes) is 1. The molecule has 1 aliphatic heterocycles. The summed E-state index contributed by atoms with van der Waals surface area (Å²) in [4.78, 5) is 0.309. The Morgan fingerprint density at radius 2 is 1.56 bits per heavy atom. The highest BCUT2D eigenvalue weighted by molar-refractivity contribution is 7.89. The molecule has 0 aromatic heterocycles. The van der Waals surface area contributed by atoms with Gasteiger partial charge in [0.15, 0.2) is 0 Å². The van der Waals surface area contributed by atoms with Gasteiger partial charge in [-0.1, -0.05) is 37.6 Å². The SMILES string of the molecule is CCCCc1ccc(S(=O)(=O)N2CCC(=COCc3ccc(C(F)(F)F)cc3)CC2)cc1. The third kappa shape index (κ3) is 6.36. The van der Waals surface area contributed by atoms with Gasteiger partial charge in [0, 0.05) is 13.1 Å². The lowest BCUT2D eigenvalue weighted by Crippen LogP contribution is -2.36. The molecular weight excluding hydrogens is 439 g/mol. The fourth-order valence-corrected chi connectivity index (χ4v) is 4.98. The molecule has 2 aromatic rings. The van der Waals surface area contributed by atoms with E-state index < -0.39 is 21.8 Å². The van der Waals surface area contributed by atoms with E-state index in [1.165, 1.54) is 16.4 Å². The first-order valence-electron chi connectivity index (χ1n) is 10.7. The standard InChI is InChI=1S/C24H28F3NO3S/c1-2-3-4-19-7-11-23(12-8-19)32(29,30)28-15-13-21(14-16-28)18-31-17-20-5-9-22(10-6-20)24(25,26)27/h5-12,18H,2-4,13-17H2,1H3. The smallest absolute Gasteiger partial charge is 0.416 e. The van der Waals surface area contributed by atoms with Gasteiger partial charge in [0.25, 0.3) is 0 Å². The molecule has 0 amide bonds. The van der Waals surface area contributed by atoms with Gasteiger partial charge in [-0.2, -0.15) is 17.5 Å². The molecule has 4 nitrogen and oxygen atoms in total. The number of ether oxygens (including phenoxy) is 1. The average Bonchev–Trinajstić information content (AvgIpc) is 2.78. The summed E-state index contributed by atoms with van der Waals surface area (Å²) in [7, 11) is -3.53. The van der Waals surface area contributed by atoms with Gasteiger partial charge in [0.05, 0.1) is 16.7 Å². The van der Waals surface area contributed by atoms with E-state index in [1.807, 2.05) is 12.1 Å². The Hall–Kier alpha value is -2.32. The third-order valence-corrected chi connectivity index (χ3v) is 7.44. The lowest BCUT2D eigenvalue weighted by Gasteiger charge is -2.27. The van der Waals surface area contributed by atoms with Crippen LogP contribution in [0.15, 0.2) is 65.3 Å². The summed E-state index contributed by atoms with van der Waals surface area (Å²) in [5, 5.41) is 0. The summed E-state index contributed by atoms with van der Waals surface area (Å²) in [6, 6.07) is 12.0. The van der Waals surface area contributed by atoms with E-state index in [9.17, 15) is 21.6 Å². The van der Waals surface area contributed by atoms with Crippen LogP contribution in [0.5, 0.6) is 0 Å². The molecule has 32 heavy (non-hydrogen) atoms. The van der Waals surface area contributed by atoms with Crippen molar-refractivity contribution >= 4 is 10.0 Å². The van der Waals surface area contributed by atoms with Gasteiger partial charge >= 0.3 is 6.18 Å². The first-order chi connectivity index (χ1) is 15.2. The molecule has 174 valence electrons. The Balaban J connectivity index is 1.51. The Morgan fingerprint density at radius 1 is 0.969 bits per heavy atom. The zero-order valence-electron chi connectivity index (χ0n) is 18.1. The molecular formula is C24H28F3NO3S. The van der Waals surface area contributed by atoms with Crippen molar-refractivity contribution in [1.82, 2.24) is 4.31 Å². The number of aryl methyl sites for hydroxylation is 1. The Bertz CT molecular complexity index is 1000. The van der Waals surface area contributed by atoms with Crippen LogP contribution in [0.1, 0.15) is 49.3 Å². The number of rotatable bonds is 8. The first-order valence-corrected chi connectivity index (χ1v) is 12.2. The van der Waals surface area contributed by atoms with Crippen LogP contribution in [0.25, 0.3) is 0 Å². The highest BCUT2D eigenvalue weighted by Gasteiger charge is 2.30. The minimum atomic E-state index is -4.35. The minimum absolute atomic E-state index is 0.161. The fourth-order valence-electron chi connectivity index (χ4n) is 3.54. The molecule has 1 saturated heterocycles. The van der Waals surface area contributed by atoms with Gasteiger partial charge < -0.3 is 4.74 Å². The second-order valence-electron chi connectivity index (χ2n) is 7.93. The largest absolute Gasteiger partial charge is 0.497 e. The molecule has 0 radical (unpaired) electrons. The number of hydrogen-bond donors (Lipinski definition) is 0. The van der Waals surface area contributed by atoms with Gasteiger partial charge in [-0.25, -0.2) is 8.42 Å². The predicted molar refractivity (Wildman–Crippen MR) is 117 cm³/mol. The number of piperidine rings is 1. The van der Waals surface area contributed by atoms with E-state index in [-0.39, 0.29) is 6.61 Å². The zero-order valence-corrected chi connectivity index (χ0v) is 18.9. The molecule has 8 heteroatoms. The molecule has 0 unspecified atom stereocenters. The Kier molecular flexibility index (Phi) is 8.00. The molecule has 0 atom stereocenters. The molecule has 0 N–H and O–H groups in total. The van der Waals surface area contributed by atoms with Crippen molar-refractivity contribution in [2.75, 3.05) is 13.1 Å². The normalized spacial score (nSPS) is 15.6. The van der Waals surface area contributed by atoms with Crippen molar-refractivity contribution in [3.63, 3.8) is 0 Å². The summed E-state index contributed by atoms with van der Waals surface area (Å²) in [6.07, 6.45) is 1.48. The van der Waals surface area contributed by atoms with Crippen LogP contribution in [-0.2, 0) is 34.0 Å². The molecule has 1 heterocycles. The van der Waals surface area contributed by atoms with Crippen LogP contribution in [0.2, 0.25) is 0 Å². The van der Waals surface area contributed by atoms with Gasteiger partial charge in [0.1, 0.15) is 6.61 Å². The summed E-state index contributed by atoms with van der Waals surface area (Å²) in [6.45, 7) is 3.02. The predicted octanol–water partition coefficient (Wildman–Crippen LogP) is 5.93. The van der Waals surface area contributed by atoms with Gasteiger partial charge in [-0.05, 0) is 66.6 Å². The Labute approximate surface area is 187 Å². The quantitative estimate of drug-likeness (QED) is 0.452. The van der Waals surface area contributed by atoms with Gasteiger partial charge in [-0.15, -0.1) is 0 Å². The molecule has 1 aliphatic rings. The van der Waals surface area contributed by atoms with Crippen molar-refractivity contribution < 1.29 is 26.3 Å². The molecule has 0 spiro atoms. The maximum absolute atomic E-state index is 12.9. The van der Waals surface area contributed by atoms with Crippen molar-refractivity contribution in [2.45, 2.75) is 56.7 Å². The van der Waals surface area contributed by atoms with E-state index in [2.05, 4.69) is 6.92 Å². The van der Waals surface area contributed by atoms with Crippen LogP contribution < -0.4 is 0 Å². The number of sulfonamides is 1. The molecule has 2 aromatic carbocycles. The second-order valence-corrected chi connectivity index (χ2v) is 9.87. The van der Waals surface area contributed by atoms with E-state index >= 15 is 0 Å². The average molecular weight is 468 g/mol. The summed E-state index contributed by atoms with van der Waals surface area (Å²) < 4.78 is 70.7. The van der Waals surface area contributed by atoms with Crippen molar-refractivity contribution in [1.29, 1.82) is 0 Å². The zero-order chi connectivity index (χ0) is 23.2. The van der Waals surface area contributed by atoms with Crippen molar-refractivity contribution in [3.8, 4) is 0 Å². The number of benzene rings is 2. The third-order valence-electron chi connectivity index (χ3n) is 5.53. The summed E-state index contributed by atoms with van der Waals surface area (Å²) >= 11 is 0. The van der Waals surface area contributed by atoms with Crippen LogP contribution in [0.4, 0.5) is 13.2 Å². The minimum Gasteiger partial charge on any atom is -0.497 e. The second kappa shape index (κ2) is 10.5. The maximum atomic E-state index is 12.9. The van der Waals surface area contributed by atoms with Crippen LogP contribution in [0, 0.1) is 0 Å². The molecule has 0 bridgehead atoms. The highest BCUT2D eigenvalue weighted by atomic mass is 32.2. The van der Waals surface area contributed by atoms with Gasteiger partial charge in [-0.3, -0.25) is 0 Å². The van der Waals surface area contributed by atoms with Crippen LogP contribution >= 0.6 is 0 Å². The number of nitrogens with zero attached hydrogens (tertiary/aromatic N) is 1. The highest BCUT2D eigenvalue weighted by Crippen LogP contribution is 2.29. The maximum Gasteiger partial charge on any atom is 0.416 e. The lowest BCUT2D eigenvalue weighted by atomic mass is 10.1. The van der Waals surface area contributed by atoms with Crippen molar-refractivity contribution in [2.24, 2.45) is 0 Å². The van der Waals surface area contributed by atoms with Crippen LogP contribution in [-0.4, -0.2) is 25.8 Å². The summed E-state index contributed by atoms with van der Waals surface area (Å²) in [5.74, 6) is 0. The number of alkyl halides is 3. The number of hydrogen-bond acceptors (Lipinski definition) is 3. The van der Waals surface area contributed by atoms with Crippen LogP contribution in [0.3, 0.4) is 0 Å². The molecule has 3 rings (SSSR count). The molecule has 0 aliphatic carbocycles.